The number of hydrogen-bond donors (Lipinski definition) is 0. The summed E-state index contributed by atoms with van der Waals surface area (Å²) in [5.41, 5.74) is 3.27. The van der Waals surface area contributed by atoms with Crippen LogP contribution in [0, 0.1) is 17.6 Å². The average Bonchev–Trinajstić information content (AvgIpc) is 2.82. The number of hydrogen-bond acceptors (Lipinski definition) is 1. The van der Waals surface area contributed by atoms with Crippen molar-refractivity contribution < 1.29 is 13.5 Å². The van der Waals surface area contributed by atoms with Crippen LogP contribution in [0.25, 0.3) is 0 Å². The van der Waals surface area contributed by atoms with Gasteiger partial charge in [0.25, 0.3) is 0 Å². The lowest BCUT2D eigenvalue weighted by molar-refractivity contribution is 0.310. The third-order valence-corrected chi connectivity index (χ3v) is 6.45. The fourth-order valence-electron chi connectivity index (χ4n) is 4.58. The van der Waals surface area contributed by atoms with Crippen LogP contribution >= 0.6 is 0 Å². The molecular formula is C29H36F2O. The molecule has 3 heteroatoms. The summed E-state index contributed by atoms with van der Waals surface area (Å²) >= 11 is 0. The Morgan fingerprint density at radius 1 is 0.844 bits per heavy atom. The van der Waals surface area contributed by atoms with E-state index in [2.05, 4.69) is 55.5 Å². The van der Waals surface area contributed by atoms with Gasteiger partial charge in [-0.05, 0) is 99.8 Å². The number of rotatable bonds is 10. The third-order valence-electron chi connectivity index (χ3n) is 6.45. The Bertz CT molecular complexity index is 890. The topological polar surface area (TPSA) is 9.23 Å². The Labute approximate surface area is 192 Å². The van der Waals surface area contributed by atoms with Crippen LogP contribution in [0.1, 0.15) is 75.0 Å². The molecule has 0 saturated heterocycles. The molecule has 0 aromatic heterocycles. The summed E-state index contributed by atoms with van der Waals surface area (Å²) in [6.45, 7) is 4.16. The molecule has 32 heavy (non-hydrogen) atoms. The summed E-state index contributed by atoms with van der Waals surface area (Å²) in [6, 6.07) is 12.2. The van der Waals surface area contributed by atoms with Crippen LogP contribution in [0.4, 0.5) is 8.78 Å². The predicted molar refractivity (Wildman–Crippen MR) is 129 cm³/mol. The maximum absolute atomic E-state index is 14.5. The van der Waals surface area contributed by atoms with Crippen molar-refractivity contribution in [1.29, 1.82) is 0 Å². The second-order valence-electron chi connectivity index (χ2n) is 8.72. The number of benzene rings is 2. The molecule has 0 bridgehead atoms. The molecule has 0 unspecified atom stereocenters. The molecule has 0 radical (unpaired) electrons. The molecule has 0 atom stereocenters. The SMILES string of the molecule is CC=CCCc1ccc(CCC=CC2CCC(c3ccc(OCC)c(F)c3F)CC2)cc1. The van der Waals surface area contributed by atoms with Gasteiger partial charge in [0, 0.05) is 0 Å². The molecule has 0 amide bonds. The van der Waals surface area contributed by atoms with E-state index in [0.29, 0.717) is 18.1 Å². The second-order valence-corrected chi connectivity index (χ2v) is 8.72. The van der Waals surface area contributed by atoms with Gasteiger partial charge in [-0.15, -0.1) is 0 Å². The summed E-state index contributed by atoms with van der Waals surface area (Å²) in [4.78, 5) is 0. The van der Waals surface area contributed by atoms with Gasteiger partial charge in [0.1, 0.15) is 0 Å². The minimum Gasteiger partial charge on any atom is -0.491 e. The van der Waals surface area contributed by atoms with E-state index in [1.165, 1.54) is 11.1 Å². The molecule has 3 rings (SSSR count). The van der Waals surface area contributed by atoms with Crippen molar-refractivity contribution in [3.05, 3.63) is 89.0 Å². The first kappa shape index (κ1) is 24.2. The minimum atomic E-state index is -0.850. The van der Waals surface area contributed by atoms with Gasteiger partial charge in [0.15, 0.2) is 11.6 Å². The smallest absolute Gasteiger partial charge is 0.200 e. The molecule has 0 N–H and O–H groups in total. The van der Waals surface area contributed by atoms with Gasteiger partial charge in [-0.25, -0.2) is 4.39 Å². The fraction of sp³-hybridized carbons (Fsp3) is 0.448. The highest BCUT2D eigenvalue weighted by Crippen LogP contribution is 2.39. The van der Waals surface area contributed by atoms with E-state index in [4.69, 9.17) is 4.74 Å². The molecule has 2 aromatic carbocycles. The number of aryl methyl sites for hydroxylation is 2. The van der Waals surface area contributed by atoms with E-state index in [1.807, 2.05) is 0 Å². The standard InChI is InChI=1S/C29H36F2O/c1-3-5-6-9-22-12-14-23(15-13-22)10-7-8-11-24-16-18-25(19-17-24)26-20-21-27(32-4-2)29(31)28(26)30/h3,5,8,11-15,20-21,24-25H,4,6-7,9-10,16-19H2,1-2H3. The van der Waals surface area contributed by atoms with E-state index in [-0.39, 0.29) is 11.7 Å². The molecular weight excluding hydrogens is 402 g/mol. The molecule has 1 saturated carbocycles. The Morgan fingerprint density at radius 3 is 2.06 bits per heavy atom. The second kappa shape index (κ2) is 12.6. The number of ether oxygens (including phenoxy) is 1. The lowest BCUT2D eigenvalue weighted by Crippen LogP contribution is -2.14. The first-order valence-corrected chi connectivity index (χ1v) is 12.1. The van der Waals surface area contributed by atoms with Crippen molar-refractivity contribution in [2.45, 2.75) is 71.1 Å². The Morgan fingerprint density at radius 2 is 1.47 bits per heavy atom. The average molecular weight is 439 g/mol. The molecule has 1 aliphatic carbocycles. The van der Waals surface area contributed by atoms with E-state index in [0.717, 1.165) is 51.4 Å². The Balaban J connectivity index is 1.43. The Hall–Kier alpha value is -2.42. The summed E-state index contributed by atoms with van der Waals surface area (Å²) in [6.07, 6.45) is 17.1. The lowest BCUT2D eigenvalue weighted by atomic mass is 9.78. The van der Waals surface area contributed by atoms with Gasteiger partial charge >= 0.3 is 0 Å². The summed E-state index contributed by atoms with van der Waals surface area (Å²) in [7, 11) is 0. The fourth-order valence-corrected chi connectivity index (χ4v) is 4.58. The lowest BCUT2D eigenvalue weighted by Gasteiger charge is -2.27. The van der Waals surface area contributed by atoms with Crippen LogP contribution in [0.5, 0.6) is 5.75 Å². The van der Waals surface area contributed by atoms with Gasteiger partial charge in [0.2, 0.25) is 5.82 Å². The van der Waals surface area contributed by atoms with Crippen molar-refractivity contribution in [2.75, 3.05) is 6.61 Å². The van der Waals surface area contributed by atoms with Gasteiger partial charge in [-0.1, -0.05) is 54.6 Å². The zero-order valence-electron chi connectivity index (χ0n) is 19.5. The monoisotopic (exact) mass is 438 g/mol. The largest absolute Gasteiger partial charge is 0.491 e. The van der Waals surface area contributed by atoms with Crippen LogP contribution < -0.4 is 4.74 Å². The van der Waals surface area contributed by atoms with E-state index in [1.54, 1.807) is 19.1 Å². The quantitative estimate of drug-likeness (QED) is 0.339. The molecule has 0 spiro atoms. The third kappa shape index (κ3) is 6.79. The van der Waals surface area contributed by atoms with Crippen molar-refractivity contribution in [3.63, 3.8) is 0 Å². The highest BCUT2D eigenvalue weighted by atomic mass is 19.2. The summed E-state index contributed by atoms with van der Waals surface area (Å²) < 4.78 is 33.9. The maximum atomic E-state index is 14.5. The summed E-state index contributed by atoms with van der Waals surface area (Å²) in [5, 5.41) is 0. The van der Waals surface area contributed by atoms with Gasteiger partial charge < -0.3 is 4.74 Å². The summed E-state index contributed by atoms with van der Waals surface area (Å²) in [5.74, 6) is -0.944. The van der Waals surface area contributed by atoms with Gasteiger partial charge in [0.05, 0.1) is 6.61 Å². The van der Waals surface area contributed by atoms with Crippen molar-refractivity contribution in [1.82, 2.24) is 0 Å². The van der Waals surface area contributed by atoms with E-state index in [9.17, 15) is 8.78 Å². The molecule has 0 aliphatic heterocycles. The number of allylic oxidation sites excluding steroid dienone is 4. The van der Waals surface area contributed by atoms with Gasteiger partial charge in [-0.2, -0.15) is 4.39 Å². The highest BCUT2D eigenvalue weighted by Gasteiger charge is 2.25. The van der Waals surface area contributed by atoms with Crippen LogP contribution in [-0.4, -0.2) is 6.61 Å². The van der Waals surface area contributed by atoms with Crippen molar-refractivity contribution in [3.8, 4) is 5.75 Å². The maximum Gasteiger partial charge on any atom is 0.200 e. The van der Waals surface area contributed by atoms with E-state index >= 15 is 0 Å². The van der Waals surface area contributed by atoms with Gasteiger partial charge in [-0.3, -0.25) is 0 Å². The van der Waals surface area contributed by atoms with Crippen LogP contribution in [-0.2, 0) is 12.8 Å². The van der Waals surface area contributed by atoms with Crippen LogP contribution in [0.2, 0.25) is 0 Å². The van der Waals surface area contributed by atoms with Crippen LogP contribution in [0.3, 0.4) is 0 Å². The highest BCUT2D eigenvalue weighted by molar-refractivity contribution is 5.33. The zero-order valence-corrected chi connectivity index (χ0v) is 19.5. The minimum absolute atomic E-state index is 0.00802. The van der Waals surface area contributed by atoms with Crippen molar-refractivity contribution >= 4 is 0 Å². The molecule has 1 nitrogen and oxygen atoms in total. The molecule has 172 valence electrons. The van der Waals surface area contributed by atoms with Crippen molar-refractivity contribution in [2.24, 2.45) is 5.92 Å². The molecule has 1 fully saturated rings. The Kier molecular flexibility index (Phi) is 9.52. The molecule has 2 aromatic rings. The number of halogens is 2. The molecule has 1 aliphatic rings. The van der Waals surface area contributed by atoms with E-state index < -0.39 is 11.6 Å². The zero-order chi connectivity index (χ0) is 22.8. The molecule has 0 heterocycles. The first-order chi connectivity index (χ1) is 15.6. The van der Waals surface area contributed by atoms with Crippen LogP contribution in [0.15, 0.2) is 60.7 Å². The first-order valence-electron chi connectivity index (χ1n) is 12.1. The predicted octanol–water partition coefficient (Wildman–Crippen LogP) is 8.34. The normalized spacial score (nSPS) is 19.1.